The number of halogens is 2. The lowest BCUT2D eigenvalue weighted by molar-refractivity contribution is -0.125. The first kappa shape index (κ1) is 33.9. The first-order valence-electron chi connectivity index (χ1n) is 15.2. The second kappa shape index (κ2) is 14.0. The predicted octanol–water partition coefficient (Wildman–Crippen LogP) is 4.59. The molecule has 0 spiro atoms. The molecule has 0 bridgehead atoms. The van der Waals surface area contributed by atoms with Gasteiger partial charge in [-0.15, -0.1) is 0 Å². The fourth-order valence-electron chi connectivity index (χ4n) is 5.00. The van der Waals surface area contributed by atoms with Gasteiger partial charge in [0.1, 0.15) is 11.6 Å². The molecule has 1 saturated heterocycles. The van der Waals surface area contributed by atoms with Crippen molar-refractivity contribution in [1.82, 2.24) is 20.1 Å². The second-order valence-electron chi connectivity index (χ2n) is 13.0. The molecule has 1 unspecified atom stereocenters. The van der Waals surface area contributed by atoms with E-state index in [2.05, 4.69) is 15.0 Å². The van der Waals surface area contributed by atoms with Crippen molar-refractivity contribution in [3.05, 3.63) is 29.7 Å². The number of carbonyl (C=O) groups is 3. The Labute approximate surface area is 261 Å². The Kier molecular flexibility index (Phi) is 10.6. The highest BCUT2D eigenvalue weighted by Gasteiger charge is 2.37. The minimum atomic E-state index is -3.05. The number of alkyl carbamates (subject to hydrolysis) is 1. The third-order valence-corrected chi connectivity index (χ3v) is 7.27. The van der Waals surface area contributed by atoms with Gasteiger partial charge in [0.05, 0.1) is 12.6 Å². The highest BCUT2D eigenvalue weighted by atomic mass is 19.3. The van der Waals surface area contributed by atoms with E-state index in [4.69, 9.17) is 19.6 Å². The molecule has 1 aromatic carbocycles. The van der Waals surface area contributed by atoms with Crippen molar-refractivity contribution in [3.63, 3.8) is 0 Å². The van der Waals surface area contributed by atoms with Crippen molar-refractivity contribution in [3.8, 4) is 23.0 Å². The van der Waals surface area contributed by atoms with E-state index < -0.39 is 42.2 Å². The number of nitrogens with two attached hydrogens (primary N) is 1. The lowest BCUT2D eigenvalue weighted by Gasteiger charge is -2.40. The maximum Gasteiger partial charge on any atom is 0.408 e. The molecule has 2 aromatic rings. The third kappa shape index (κ3) is 9.28. The molecule has 1 aliphatic heterocycles. The molecule has 248 valence electrons. The maximum absolute atomic E-state index is 14.0. The minimum Gasteiger partial charge on any atom is -0.489 e. The largest absolute Gasteiger partial charge is 0.489 e. The molecule has 3 N–H and O–H groups in total. The normalized spacial score (nSPS) is 18.2. The van der Waals surface area contributed by atoms with Crippen LogP contribution in [0.3, 0.4) is 0 Å². The Morgan fingerprint density at radius 3 is 2.44 bits per heavy atom. The highest BCUT2D eigenvalue weighted by Crippen LogP contribution is 2.37. The molecule has 2 aliphatic rings. The van der Waals surface area contributed by atoms with Crippen LogP contribution in [0.15, 0.2) is 22.6 Å². The summed E-state index contributed by atoms with van der Waals surface area (Å²) in [4.78, 5) is 46.9. The van der Waals surface area contributed by atoms with Crippen LogP contribution in [0, 0.1) is 11.8 Å². The van der Waals surface area contributed by atoms with Crippen LogP contribution in [-0.2, 0) is 9.53 Å². The van der Waals surface area contributed by atoms with E-state index in [0.717, 1.165) is 12.8 Å². The number of piperazine rings is 1. The number of rotatable bonds is 12. The van der Waals surface area contributed by atoms with Crippen molar-refractivity contribution in [1.29, 1.82) is 0 Å². The minimum absolute atomic E-state index is 0.00375. The van der Waals surface area contributed by atoms with Crippen molar-refractivity contribution in [2.45, 2.75) is 78.7 Å². The average molecular weight is 636 g/mol. The third-order valence-electron chi connectivity index (χ3n) is 7.27. The first-order valence-corrected chi connectivity index (χ1v) is 15.2. The van der Waals surface area contributed by atoms with Crippen LogP contribution in [-0.4, -0.2) is 83.7 Å². The van der Waals surface area contributed by atoms with Crippen LogP contribution in [0.4, 0.5) is 13.6 Å². The number of primary amides is 1. The van der Waals surface area contributed by atoms with Crippen molar-refractivity contribution < 1.29 is 41.8 Å². The SMILES string of the molecule is CC(C)CN1CCN(C(=O)c2nc(-c3ccc(OC(F)F)c(OCC4CC4)c3)oc2[C@H](C)NC(=O)OC(C)(C)C)CC1C(N)=O. The number of ether oxygens (including phenoxy) is 3. The zero-order valence-corrected chi connectivity index (χ0v) is 26.6. The fraction of sp³-hybridized carbons (Fsp3) is 0.613. The summed E-state index contributed by atoms with van der Waals surface area (Å²) in [5.74, 6) is -0.447. The summed E-state index contributed by atoms with van der Waals surface area (Å²) in [7, 11) is 0. The molecule has 1 saturated carbocycles. The molecule has 14 heteroatoms. The van der Waals surface area contributed by atoms with E-state index in [1.165, 1.54) is 23.1 Å². The molecule has 12 nitrogen and oxygen atoms in total. The molecular formula is C31H43F2N5O7. The topological polar surface area (TPSA) is 149 Å². The number of benzene rings is 1. The van der Waals surface area contributed by atoms with Gasteiger partial charge in [0.25, 0.3) is 5.91 Å². The number of alkyl halides is 2. The molecule has 0 radical (unpaired) electrons. The molecular weight excluding hydrogens is 592 g/mol. The summed E-state index contributed by atoms with van der Waals surface area (Å²) in [6.45, 7) is 9.55. The number of carbonyl (C=O) groups excluding carboxylic acids is 3. The zero-order chi connectivity index (χ0) is 33.1. The number of aromatic nitrogens is 1. The monoisotopic (exact) mass is 635 g/mol. The molecule has 1 aromatic heterocycles. The van der Waals surface area contributed by atoms with Gasteiger partial charge in [-0.25, -0.2) is 9.78 Å². The smallest absolute Gasteiger partial charge is 0.408 e. The molecule has 1 aliphatic carbocycles. The lowest BCUT2D eigenvalue weighted by Crippen LogP contribution is -2.60. The molecule has 4 rings (SSSR count). The number of hydrogen-bond acceptors (Lipinski definition) is 9. The lowest BCUT2D eigenvalue weighted by atomic mass is 10.1. The number of hydrogen-bond donors (Lipinski definition) is 2. The van der Waals surface area contributed by atoms with E-state index >= 15 is 0 Å². The van der Waals surface area contributed by atoms with Gasteiger partial charge < -0.3 is 34.6 Å². The number of nitrogens with zero attached hydrogens (tertiary/aromatic N) is 3. The standard InChI is InChI=1S/C31H43F2N5O7/c1-17(2)14-37-11-12-38(15-21(37)26(34)39)28(40)24-25(18(3)35-30(41)45-31(4,5)6)44-27(36-24)20-9-10-22(43-29(32)33)23(13-20)42-16-19-7-8-19/h9-10,13,17-19,21,29H,7-8,11-12,14-16H2,1-6H3,(H2,34,39)(H,35,41)/t18-,21?/m0/s1. The zero-order valence-electron chi connectivity index (χ0n) is 26.6. The van der Waals surface area contributed by atoms with Crippen molar-refractivity contribution >= 4 is 17.9 Å². The predicted molar refractivity (Wildman–Crippen MR) is 160 cm³/mol. The Morgan fingerprint density at radius 2 is 1.84 bits per heavy atom. The van der Waals surface area contributed by atoms with E-state index in [1.54, 1.807) is 27.7 Å². The Hall–Kier alpha value is -3.94. The summed E-state index contributed by atoms with van der Waals surface area (Å²) in [6.07, 6.45) is 1.25. The first-order chi connectivity index (χ1) is 21.1. The van der Waals surface area contributed by atoms with Crippen LogP contribution < -0.4 is 20.5 Å². The number of oxazole rings is 1. The summed E-state index contributed by atoms with van der Waals surface area (Å²) >= 11 is 0. The van der Waals surface area contributed by atoms with Crippen molar-refractivity contribution in [2.24, 2.45) is 17.6 Å². The van der Waals surface area contributed by atoms with E-state index in [0.29, 0.717) is 37.7 Å². The molecule has 2 heterocycles. The van der Waals surface area contributed by atoms with Gasteiger partial charge in [0.2, 0.25) is 11.8 Å². The molecule has 45 heavy (non-hydrogen) atoms. The van der Waals surface area contributed by atoms with E-state index in [-0.39, 0.29) is 41.3 Å². The van der Waals surface area contributed by atoms with Gasteiger partial charge in [-0.05, 0) is 70.6 Å². The van der Waals surface area contributed by atoms with Crippen LogP contribution in [0.1, 0.15) is 76.7 Å². The number of nitrogens with one attached hydrogen (secondary N) is 1. The Morgan fingerprint density at radius 1 is 1.13 bits per heavy atom. The fourth-order valence-corrected chi connectivity index (χ4v) is 5.00. The average Bonchev–Trinajstić information content (AvgIpc) is 3.65. The molecule has 3 amide bonds. The molecule has 2 fully saturated rings. The van der Waals surface area contributed by atoms with Gasteiger partial charge in [-0.2, -0.15) is 8.78 Å². The van der Waals surface area contributed by atoms with Crippen LogP contribution >= 0.6 is 0 Å². The summed E-state index contributed by atoms with van der Waals surface area (Å²) in [6, 6.07) is 2.70. The summed E-state index contributed by atoms with van der Waals surface area (Å²) in [5, 5.41) is 2.68. The number of amides is 3. The Balaban J connectivity index is 1.68. The van der Waals surface area contributed by atoms with Crippen LogP contribution in [0.5, 0.6) is 11.5 Å². The second-order valence-corrected chi connectivity index (χ2v) is 13.0. The quantitative estimate of drug-likeness (QED) is 0.342. The Bertz CT molecular complexity index is 1370. The van der Waals surface area contributed by atoms with Crippen LogP contribution in [0.25, 0.3) is 11.5 Å². The highest BCUT2D eigenvalue weighted by molar-refractivity contribution is 5.95. The van der Waals surface area contributed by atoms with Gasteiger partial charge in [-0.1, -0.05) is 13.8 Å². The summed E-state index contributed by atoms with van der Waals surface area (Å²) < 4.78 is 48.1. The van der Waals surface area contributed by atoms with Gasteiger partial charge in [0, 0.05) is 31.7 Å². The van der Waals surface area contributed by atoms with Gasteiger partial charge in [0.15, 0.2) is 23.0 Å². The summed E-state index contributed by atoms with van der Waals surface area (Å²) in [5.41, 5.74) is 5.20. The van der Waals surface area contributed by atoms with Crippen molar-refractivity contribution in [2.75, 3.05) is 32.8 Å². The van der Waals surface area contributed by atoms with Gasteiger partial charge >= 0.3 is 12.7 Å². The van der Waals surface area contributed by atoms with E-state index in [1.807, 2.05) is 18.7 Å². The van der Waals surface area contributed by atoms with E-state index in [9.17, 15) is 23.2 Å². The van der Waals surface area contributed by atoms with Gasteiger partial charge in [-0.3, -0.25) is 14.5 Å². The molecule has 2 atom stereocenters. The maximum atomic E-state index is 14.0. The van der Waals surface area contributed by atoms with Crippen LogP contribution in [0.2, 0.25) is 0 Å².